The number of hydrogen-bond acceptors (Lipinski definition) is 3. The quantitative estimate of drug-likeness (QED) is 0.837. The molecule has 2 aromatic rings. The summed E-state index contributed by atoms with van der Waals surface area (Å²) in [4.78, 5) is 26.4. The lowest BCUT2D eigenvalue weighted by Crippen LogP contribution is -2.15. The van der Waals surface area contributed by atoms with E-state index in [0.29, 0.717) is 6.42 Å². The third kappa shape index (κ3) is 2.63. The highest BCUT2D eigenvalue weighted by Gasteiger charge is 2.15. The van der Waals surface area contributed by atoms with Gasteiger partial charge in [0.25, 0.3) is 0 Å². The van der Waals surface area contributed by atoms with Crippen LogP contribution in [0.25, 0.3) is 0 Å². The molecule has 0 unspecified atom stereocenters. The van der Waals surface area contributed by atoms with E-state index in [9.17, 15) is 9.59 Å². The fraction of sp³-hybridized carbons (Fsp3) is 0.154. The average Bonchev–Trinajstić information content (AvgIpc) is 2.86. The molecule has 92 valence electrons. The topological polar surface area (TPSA) is 72.2 Å². The predicted octanol–water partition coefficient (Wildman–Crippen LogP) is 2.22. The molecule has 0 aliphatic carbocycles. The standard InChI is InChI=1S/C13H12N2O3/c16-12(7-6-10-4-2-1-3-5-10)11-8-14-9-15(11)13(17)18/h1-5,8-9H,6-7H2,(H,17,18). The molecule has 0 radical (unpaired) electrons. The van der Waals surface area contributed by atoms with Gasteiger partial charge in [0.05, 0.1) is 6.20 Å². The Morgan fingerprint density at radius 2 is 1.94 bits per heavy atom. The minimum absolute atomic E-state index is 0.110. The van der Waals surface area contributed by atoms with Crippen LogP contribution >= 0.6 is 0 Å². The lowest BCUT2D eigenvalue weighted by Gasteiger charge is -2.02. The maximum Gasteiger partial charge on any atom is 0.417 e. The van der Waals surface area contributed by atoms with E-state index in [1.807, 2.05) is 30.3 Å². The van der Waals surface area contributed by atoms with Crippen molar-refractivity contribution in [3.8, 4) is 0 Å². The summed E-state index contributed by atoms with van der Waals surface area (Å²) in [6.07, 6.45) is 2.06. The molecular formula is C13H12N2O3. The van der Waals surface area contributed by atoms with Crippen molar-refractivity contribution >= 4 is 11.9 Å². The van der Waals surface area contributed by atoms with Gasteiger partial charge in [0.2, 0.25) is 0 Å². The number of Topliss-reactive ketones (excluding diaryl/α,β-unsaturated/α-hetero) is 1. The van der Waals surface area contributed by atoms with Gasteiger partial charge in [-0.15, -0.1) is 0 Å². The van der Waals surface area contributed by atoms with Crippen molar-refractivity contribution in [2.45, 2.75) is 12.8 Å². The number of nitrogens with zero attached hydrogens (tertiary/aromatic N) is 2. The van der Waals surface area contributed by atoms with Crippen molar-refractivity contribution in [2.75, 3.05) is 0 Å². The third-order valence-electron chi connectivity index (χ3n) is 2.61. The molecule has 0 saturated carbocycles. The maximum absolute atomic E-state index is 11.9. The van der Waals surface area contributed by atoms with Crippen molar-refractivity contribution in [1.82, 2.24) is 9.55 Å². The highest BCUT2D eigenvalue weighted by molar-refractivity contribution is 5.97. The van der Waals surface area contributed by atoms with Crippen LogP contribution in [0.15, 0.2) is 42.9 Å². The Morgan fingerprint density at radius 3 is 2.61 bits per heavy atom. The SMILES string of the molecule is O=C(CCc1ccccc1)c1cncn1C(=O)O. The van der Waals surface area contributed by atoms with Crippen LogP contribution in [0.2, 0.25) is 0 Å². The van der Waals surface area contributed by atoms with Crippen LogP contribution in [-0.4, -0.2) is 26.5 Å². The molecule has 1 aromatic carbocycles. The van der Waals surface area contributed by atoms with Gasteiger partial charge in [0.15, 0.2) is 5.78 Å². The smallest absolute Gasteiger partial charge is 0.417 e. The Balaban J connectivity index is 2.04. The number of ketones is 1. The van der Waals surface area contributed by atoms with Gasteiger partial charge in [-0.1, -0.05) is 30.3 Å². The summed E-state index contributed by atoms with van der Waals surface area (Å²) in [5, 5.41) is 8.86. The predicted molar refractivity (Wildman–Crippen MR) is 64.7 cm³/mol. The zero-order valence-corrected chi connectivity index (χ0v) is 9.61. The van der Waals surface area contributed by atoms with Crippen LogP contribution in [0.3, 0.4) is 0 Å². The monoisotopic (exact) mass is 244 g/mol. The highest BCUT2D eigenvalue weighted by Crippen LogP contribution is 2.08. The van der Waals surface area contributed by atoms with Crippen LogP contribution in [0.5, 0.6) is 0 Å². The van der Waals surface area contributed by atoms with Gasteiger partial charge in [-0.2, -0.15) is 0 Å². The van der Waals surface area contributed by atoms with Gasteiger partial charge in [-0.25, -0.2) is 14.3 Å². The zero-order chi connectivity index (χ0) is 13.0. The first-order valence-electron chi connectivity index (χ1n) is 5.51. The summed E-state index contributed by atoms with van der Waals surface area (Å²) in [5.74, 6) is -0.223. The normalized spacial score (nSPS) is 10.2. The highest BCUT2D eigenvalue weighted by atomic mass is 16.4. The van der Waals surface area contributed by atoms with Crippen LogP contribution in [0.1, 0.15) is 22.5 Å². The number of aromatic nitrogens is 2. The number of hydrogen-bond donors (Lipinski definition) is 1. The molecule has 0 fully saturated rings. The van der Waals surface area contributed by atoms with Gasteiger partial charge in [-0.05, 0) is 12.0 Å². The van der Waals surface area contributed by atoms with Crippen molar-refractivity contribution < 1.29 is 14.7 Å². The summed E-state index contributed by atoms with van der Waals surface area (Å²) in [6.45, 7) is 0. The first-order chi connectivity index (χ1) is 8.68. The molecule has 0 amide bonds. The van der Waals surface area contributed by atoms with Crippen molar-refractivity contribution in [3.05, 3.63) is 54.1 Å². The van der Waals surface area contributed by atoms with Gasteiger partial charge in [0.1, 0.15) is 12.0 Å². The molecule has 1 N–H and O–H groups in total. The second-order valence-corrected chi connectivity index (χ2v) is 3.84. The largest absolute Gasteiger partial charge is 0.464 e. The van der Waals surface area contributed by atoms with Crippen LogP contribution < -0.4 is 0 Å². The van der Waals surface area contributed by atoms with Crippen molar-refractivity contribution in [2.24, 2.45) is 0 Å². The second kappa shape index (κ2) is 5.27. The van der Waals surface area contributed by atoms with E-state index in [2.05, 4.69) is 4.98 Å². The van der Waals surface area contributed by atoms with E-state index in [1.165, 1.54) is 6.20 Å². The van der Waals surface area contributed by atoms with E-state index >= 15 is 0 Å². The molecule has 0 spiro atoms. The Labute approximate surface area is 104 Å². The Hall–Kier alpha value is -2.43. The number of carbonyl (C=O) groups is 2. The summed E-state index contributed by atoms with van der Waals surface area (Å²) in [6, 6.07) is 9.58. The minimum atomic E-state index is -1.20. The third-order valence-corrected chi connectivity index (χ3v) is 2.61. The Morgan fingerprint density at radius 1 is 1.22 bits per heavy atom. The molecule has 0 atom stereocenters. The molecule has 0 saturated heterocycles. The molecule has 1 aromatic heterocycles. The first-order valence-corrected chi connectivity index (χ1v) is 5.51. The summed E-state index contributed by atoms with van der Waals surface area (Å²) >= 11 is 0. The molecular weight excluding hydrogens is 232 g/mol. The van der Waals surface area contributed by atoms with E-state index in [-0.39, 0.29) is 17.9 Å². The minimum Gasteiger partial charge on any atom is -0.464 e. The Bertz CT molecular complexity index is 561. The van der Waals surface area contributed by atoms with Gasteiger partial charge in [0, 0.05) is 6.42 Å². The molecule has 1 heterocycles. The number of aryl methyl sites for hydroxylation is 1. The molecule has 18 heavy (non-hydrogen) atoms. The summed E-state index contributed by atoms with van der Waals surface area (Å²) < 4.78 is 0.841. The molecule has 5 heteroatoms. The number of imidazole rings is 1. The van der Waals surface area contributed by atoms with Gasteiger partial charge < -0.3 is 5.11 Å². The van der Waals surface area contributed by atoms with Crippen LogP contribution in [-0.2, 0) is 6.42 Å². The van der Waals surface area contributed by atoms with E-state index in [1.54, 1.807) is 0 Å². The maximum atomic E-state index is 11.9. The lowest BCUT2D eigenvalue weighted by atomic mass is 10.1. The van der Waals surface area contributed by atoms with Crippen LogP contribution in [0, 0.1) is 0 Å². The first kappa shape index (κ1) is 12.0. The molecule has 2 rings (SSSR count). The summed E-state index contributed by atoms with van der Waals surface area (Å²) in [7, 11) is 0. The zero-order valence-electron chi connectivity index (χ0n) is 9.61. The number of carboxylic acid groups (broad SMARTS) is 1. The van der Waals surface area contributed by atoms with E-state index in [0.717, 1.165) is 16.5 Å². The van der Waals surface area contributed by atoms with Gasteiger partial charge in [-0.3, -0.25) is 4.79 Å². The van der Waals surface area contributed by atoms with E-state index < -0.39 is 6.09 Å². The number of benzene rings is 1. The molecule has 0 aliphatic rings. The number of carbonyl (C=O) groups excluding carboxylic acids is 1. The lowest BCUT2D eigenvalue weighted by molar-refractivity contribution is 0.0972. The van der Waals surface area contributed by atoms with Crippen LogP contribution in [0.4, 0.5) is 4.79 Å². The number of rotatable bonds is 4. The fourth-order valence-corrected chi connectivity index (χ4v) is 1.68. The molecule has 5 nitrogen and oxygen atoms in total. The van der Waals surface area contributed by atoms with Gasteiger partial charge >= 0.3 is 6.09 Å². The Kier molecular flexibility index (Phi) is 3.52. The average molecular weight is 244 g/mol. The van der Waals surface area contributed by atoms with E-state index in [4.69, 9.17) is 5.11 Å². The summed E-state index contributed by atoms with van der Waals surface area (Å²) in [5.41, 5.74) is 1.16. The molecule has 0 aliphatic heterocycles. The fourth-order valence-electron chi connectivity index (χ4n) is 1.68. The van der Waals surface area contributed by atoms with Crippen molar-refractivity contribution in [1.29, 1.82) is 0 Å². The molecule has 0 bridgehead atoms. The van der Waals surface area contributed by atoms with Crippen molar-refractivity contribution in [3.63, 3.8) is 0 Å². The second-order valence-electron chi connectivity index (χ2n) is 3.84.